The molecule has 1 unspecified atom stereocenters. The lowest BCUT2D eigenvalue weighted by Crippen LogP contribution is -2.30. The molecule has 154 valence electrons. The van der Waals surface area contributed by atoms with Gasteiger partial charge in [-0.25, -0.2) is 0 Å². The maximum absolute atomic E-state index is 12.4. The summed E-state index contributed by atoms with van der Waals surface area (Å²) in [4.78, 5) is 35.1. The lowest BCUT2D eigenvalue weighted by molar-refractivity contribution is -0.386. The van der Waals surface area contributed by atoms with E-state index in [2.05, 4.69) is 10.6 Å². The van der Waals surface area contributed by atoms with Gasteiger partial charge >= 0.3 is 5.69 Å². The van der Waals surface area contributed by atoms with E-state index >= 15 is 0 Å². The second kappa shape index (κ2) is 10.8. The van der Waals surface area contributed by atoms with Crippen LogP contribution >= 0.6 is 0 Å². The smallest absolute Gasteiger partial charge is 0.310 e. The molecule has 9 nitrogen and oxygen atoms in total. The SMILES string of the molecule is COCCCNC(=O)c1cccc(NC(=O)C(C)Oc2ccccc2[N+](=O)[O-])c1. The van der Waals surface area contributed by atoms with Gasteiger partial charge < -0.3 is 20.1 Å². The van der Waals surface area contributed by atoms with Crippen LogP contribution in [0.1, 0.15) is 23.7 Å². The predicted molar refractivity (Wildman–Crippen MR) is 107 cm³/mol. The first-order valence-corrected chi connectivity index (χ1v) is 9.00. The van der Waals surface area contributed by atoms with Gasteiger partial charge in [0.15, 0.2) is 11.9 Å². The quantitative estimate of drug-likeness (QED) is 0.359. The van der Waals surface area contributed by atoms with E-state index < -0.39 is 16.9 Å². The van der Waals surface area contributed by atoms with Crippen LogP contribution in [0.25, 0.3) is 0 Å². The third-order valence-corrected chi connectivity index (χ3v) is 3.94. The minimum absolute atomic E-state index is 0.00402. The van der Waals surface area contributed by atoms with E-state index in [1.165, 1.54) is 25.1 Å². The zero-order valence-corrected chi connectivity index (χ0v) is 16.2. The van der Waals surface area contributed by atoms with E-state index in [4.69, 9.17) is 9.47 Å². The summed E-state index contributed by atoms with van der Waals surface area (Å²) in [6.45, 7) is 2.51. The van der Waals surface area contributed by atoms with E-state index in [1.807, 2.05) is 0 Å². The molecular formula is C20H23N3O6. The molecule has 0 radical (unpaired) electrons. The number of nitrogens with one attached hydrogen (secondary N) is 2. The lowest BCUT2D eigenvalue weighted by atomic mass is 10.2. The number of ether oxygens (including phenoxy) is 2. The molecule has 9 heteroatoms. The normalized spacial score (nSPS) is 11.4. The number of methoxy groups -OCH3 is 1. The Kier molecular flexibility index (Phi) is 8.11. The highest BCUT2D eigenvalue weighted by Crippen LogP contribution is 2.27. The van der Waals surface area contributed by atoms with Crippen LogP contribution in [0.15, 0.2) is 48.5 Å². The fourth-order valence-electron chi connectivity index (χ4n) is 2.45. The van der Waals surface area contributed by atoms with Crippen LogP contribution in [0.5, 0.6) is 5.75 Å². The Bertz CT molecular complexity index is 871. The van der Waals surface area contributed by atoms with Crippen LogP contribution in [0, 0.1) is 10.1 Å². The Labute approximate surface area is 168 Å². The molecule has 0 saturated carbocycles. The minimum Gasteiger partial charge on any atom is -0.474 e. The monoisotopic (exact) mass is 401 g/mol. The van der Waals surface area contributed by atoms with Crippen molar-refractivity contribution in [2.45, 2.75) is 19.4 Å². The number of benzene rings is 2. The van der Waals surface area contributed by atoms with Crippen LogP contribution in [0.4, 0.5) is 11.4 Å². The first-order valence-electron chi connectivity index (χ1n) is 9.00. The van der Waals surface area contributed by atoms with Gasteiger partial charge in [-0.2, -0.15) is 0 Å². The number of amides is 2. The minimum atomic E-state index is -0.984. The number of hydrogen-bond donors (Lipinski definition) is 2. The number of hydrogen-bond acceptors (Lipinski definition) is 6. The number of anilines is 1. The molecule has 0 heterocycles. The number of nitrogens with zero attached hydrogens (tertiary/aromatic N) is 1. The maximum atomic E-state index is 12.4. The molecule has 2 rings (SSSR count). The third-order valence-electron chi connectivity index (χ3n) is 3.94. The maximum Gasteiger partial charge on any atom is 0.310 e. The van der Waals surface area contributed by atoms with E-state index in [0.717, 1.165) is 0 Å². The summed E-state index contributed by atoms with van der Waals surface area (Å²) in [6.07, 6.45) is -0.290. The summed E-state index contributed by atoms with van der Waals surface area (Å²) in [5.74, 6) is -0.758. The molecule has 1 atom stereocenters. The summed E-state index contributed by atoms with van der Waals surface area (Å²) in [5, 5.41) is 16.5. The number of carbonyl (C=O) groups excluding carboxylic acids is 2. The molecule has 2 N–H and O–H groups in total. The van der Waals surface area contributed by atoms with Gasteiger partial charge in [-0.3, -0.25) is 19.7 Å². The van der Waals surface area contributed by atoms with Gasteiger partial charge in [0, 0.05) is 37.6 Å². The highest BCUT2D eigenvalue weighted by molar-refractivity contribution is 5.98. The van der Waals surface area contributed by atoms with Crippen molar-refractivity contribution in [2.75, 3.05) is 25.6 Å². The molecule has 0 spiro atoms. The fourth-order valence-corrected chi connectivity index (χ4v) is 2.45. The van der Waals surface area contributed by atoms with Crippen molar-refractivity contribution in [2.24, 2.45) is 0 Å². The Hall–Kier alpha value is -3.46. The molecule has 2 aromatic carbocycles. The van der Waals surface area contributed by atoms with Crippen molar-refractivity contribution in [1.29, 1.82) is 0 Å². The number of nitro benzene ring substituents is 1. The third kappa shape index (κ3) is 6.58. The second-order valence-electron chi connectivity index (χ2n) is 6.16. The van der Waals surface area contributed by atoms with Crippen LogP contribution in [0.2, 0.25) is 0 Å². The molecule has 0 saturated heterocycles. The van der Waals surface area contributed by atoms with E-state index in [-0.39, 0.29) is 17.3 Å². The number of rotatable bonds is 10. The van der Waals surface area contributed by atoms with E-state index in [1.54, 1.807) is 37.4 Å². The molecule has 0 aliphatic heterocycles. The molecule has 0 aliphatic carbocycles. The molecule has 29 heavy (non-hydrogen) atoms. The largest absolute Gasteiger partial charge is 0.474 e. The van der Waals surface area contributed by atoms with Gasteiger partial charge in [0.1, 0.15) is 0 Å². The van der Waals surface area contributed by atoms with Gasteiger partial charge in [0.2, 0.25) is 0 Å². The van der Waals surface area contributed by atoms with Gasteiger partial charge in [0.05, 0.1) is 4.92 Å². The number of para-hydroxylation sites is 2. The summed E-state index contributed by atoms with van der Waals surface area (Å²) in [6, 6.07) is 12.3. The Morgan fingerprint density at radius 3 is 2.66 bits per heavy atom. The van der Waals surface area contributed by atoms with Crippen molar-refractivity contribution < 1.29 is 24.0 Å². The average Bonchev–Trinajstić information content (AvgIpc) is 2.71. The van der Waals surface area contributed by atoms with Crippen molar-refractivity contribution in [3.8, 4) is 5.75 Å². The van der Waals surface area contributed by atoms with Crippen LogP contribution < -0.4 is 15.4 Å². The molecule has 0 aromatic heterocycles. The lowest BCUT2D eigenvalue weighted by Gasteiger charge is -2.15. The number of carbonyl (C=O) groups is 2. The molecule has 2 aromatic rings. The molecule has 0 bridgehead atoms. The first kappa shape index (κ1) is 21.8. The summed E-state index contributed by atoms with van der Waals surface area (Å²) in [7, 11) is 1.59. The highest BCUT2D eigenvalue weighted by atomic mass is 16.6. The first-order chi connectivity index (χ1) is 13.9. The van der Waals surface area contributed by atoms with Crippen molar-refractivity contribution in [3.05, 3.63) is 64.2 Å². The summed E-state index contributed by atoms with van der Waals surface area (Å²) < 4.78 is 10.4. The van der Waals surface area contributed by atoms with Crippen molar-refractivity contribution >= 4 is 23.2 Å². The molecule has 0 aliphatic rings. The van der Waals surface area contributed by atoms with Crippen LogP contribution in [0.3, 0.4) is 0 Å². The zero-order chi connectivity index (χ0) is 21.2. The van der Waals surface area contributed by atoms with Crippen molar-refractivity contribution in [1.82, 2.24) is 5.32 Å². The van der Waals surface area contributed by atoms with Crippen LogP contribution in [-0.4, -0.2) is 43.1 Å². The standard InChI is InChI=1S/C20H23N3O6/c1-14(29-18-10-4-3-9-17(18)23(26)27)19(24)22-16-8-5-7-15(13-16)20(25)21-11-6-12-28-2/h3-5,7-10,13-14H,6,11-12H2,1-2H3,(H,21,25)(H,22,24). The van der Waals surface area contributed by atoms with Gasteiger partial charge in [-0.1, -0.05) is 18.2 Å². The van der Waals surface area contributed by atoms with Gasteiger partial charge in [-0.15, -0.1) is 0 Å². The highest BCUT2D eigenvalue weighted by Gasteiger charge is 2.21. The summed E-state index contributed by atoms with van der Waals surface area (Å²) >= 11 is 0. The second-order valence-corrected chi connectivity index (χ2v) is 6.16. The van der Waals surface area contributed by atoms with E-state index in [9.17, 15) is 19.7 Å². The van der Waals surface area contributed by atoms with Crippen molar-refractivity contribution in [3.63, 3.8) is 0 Å². The van der Waals surface area contributed by atoms with Crippen LogP contribution in [-0.2, 0) is 9.53 Å². The van der Waals surface area contributed by atoms with Gasteiger partial charge in [-0.05, 0) is 37.6 Å². The Balaban J connectivity index is 1.98. The number of nitro groups is 1. The molecule has 0 fully saturated rings. The topological polar surface area (TPSA) is 120 Å². The van der Waals surface area contributed by atoms with Gasteiger partial charge in [0.25, 0.3) is 11.8 Å². The molecule has 2 amide bonds. The fraction of sp³-hybridized carbons (Fsp3) is 0.300. The molecular weight excluding hydrogens is 378 g/mol. The average molecular weight is 401 g/mol. The predicted octanol–water partition coefficient (Wildman–Crippen LogP) is 2.77. The Morgan fingerprint density at radius 1 is 1.17 bits per heavy atom. The Morgan fingerprint density at radius 2 is 1.93 bits per heavy atom. The summed E-state index contributed by atoms with van der Waals surface area (Å²) in [5.41, 5.74) is 0.587. The van der Waals surface area contributed by atoms with E-state index in [0.29, 0.717) is 30.8 Å². The zero-order valence-electron chi connectivity index (χ0n) is 16.2.